The van der Waals surface area contributed by atoms with Crippen LogP contribution < -0.4 is 5.73 Å². The molecule has 0 saturated carbocycles. The van der Waals surface area contributed by atoms with Gasteiger partial charge in [-0.2, -0.15) is 0 Å². The largest absolute Gasteiger partial charge is 0.461 e. The molecule has 2 aromatic rings. The van der Waals surface area contributed by atoms with Crippen LogP contribution in [0.5, 0.6) is 0 Å². The molecule has 0 aliphatic heterocycles. The van der Waals surface area contributed by atoms with Gasteiger partial charge in [-0.1, -0.05) is 60.7 Å². The minimum atomic E-state index is -0.584. The molecule has 128 valence electrons. The Kier molecular flexibility index (Phi) is 8.76. The van der Waals surface area contributed by atoms with Gasteiger partial charge in [0.15, 0.2) is 0 Å². The Balaban J connectivity index is 0.00000288. The summed E-state index contributed by atoms with van der Waals surface area (Å²) in [6.45, 7) is 0.226. The summed E-state index contributed by atoms with van der Waals surface area (Å²) in [6.07, 6.45) is 0.661. The summed E-state index contributed by atoms with van der Waals surface area (Å²) in [7, 11) is 0. The van der Waals surface area contributed by atoms with Crippen molar-refractivity contribution in [2.75, 3.05) is 0 Å². The number of esters is 1. The first kappa shape index (κ1) is 19.9. The van der Waals surface area contributed by atoms with Crippen LogP contribution in [0.2, 0.25) is 0 Å². The zero-order chi connectivity index (χ0) is 16.5. The molecule has 0 spiro atoms. The maximum absolute atomic E-state index is 12.0. The minimum absolute atomic E-state index is 0. The Labute approximate surface area is 148 Å². The molecule has 0 fully saturated rings. The fourth-order valence-electron chi connectivity index (χ4n) is 2.20. The van der Waals surface area contributed by atoms with E-state index >= 15 is 0 Å². The van der Waals surface area contributed by atoms with E-state index in [1.807, 2.05) is 60.7 Å². The van der Waals surface area contributed by atoms with Crippen molar-refractivity contribution < 1.29 is 14.3 Å². The molecule has 0 aromatic heterocycles. The molecule has 0 aliphatic carbocycles. The molecule has 0 saturated heterocycles. The second-order valence-electron chi connectivity index (χ2n) is 5.41. The Morgan fingerprint density at radius 3 is 2.00 bits per heavy atom. The fourth-order valence-corrected chi connectivity index (χ4v) is 2.20. The first-order chi connectivity index (χ1) is 11.1. The van der Waals surface area contributed by atoms with Gasteiger partial charge in [0.25, 0.3) is 0 Å². The number of ketones is 1. The van der Waals surface area contributed by atoms with Crippen molar-refractivity contribution in [1.29, 1.82) is 0 Å². The molecule has 0 bridgehead atoms. The van der Waals surface area contributed by atoms with E-state index in [0.717, 1.165) is 11.1 Å². The Morgan fingerprint density at radius 1 is 0.875 bits per heavy atom. The van der Waals surface area contributed by atoms with Crippen molar-refractivity contribution in [3.05, 3.63) is 71.8 Å². The zero-order valence-electron chi connectivity index (χ0n) is 13.4. The lowest BCUT2D eigenvalue weighted by Crippen LogP contribution is -2.33. The van der Waals surface area contributed by atoms with Crippen LogP contribution in [-0.2, 0) is 27.4 Å². The molecule has 0 unspecified atom stereocenters. The second kappa shape index (κ2) is 10.6. The van der Waals surface area contributed by atoms with Crippen LogP contribution in [0.3, 0.4) is 0 Å². The van der Waals surface area contributed by atoms with Crippen LogP contribution in [0, 0.1) is 0 Å². The second-order valence-corrected chi connectivity index (χ2v) is 5.41. The van der Waals surface area contributed by atoms with Gasteiger partial charge in [0.05, 0.1) is 12.5 Å². The third kappa shape index (κ3) is 6.94. The zero-order valence-corrected chi connectivity index (χ0v) is 14.2. The summed E-state index contributed by atoms with van der Waals surface area (Å²) in [5, 5.41) is 0. The van der Waals surface area contributed by atoms with E-state index in [-0.39, 0.29) is 43.6 Å². The molecule has 1 atom stereocenters. The highest BCUT2D eigenvalue weighted by Gasteiger charge is 2.16. The van der Waals surface area contributed by atoms with Gasteiger partial charge in [-0.15, -0.1) is 12.4 Å². The molecule has 2 N–H and O–H groups in total. The standard InChI is InChI=1S/C19H21NO3.ClH/c20-17(13-15-7-3-1-4-8-15)18(21)11-12-19(22)23-14-16-9-5-2-6-10-16;/h1-10,17H,11-14,20H2;1H/t17-;/m0./s1. The summed E-state index contributed by atoms with van der Waals surface area (Å²) < 4.78 is 5.14. The van der Waals surface area contributed by atoms with E-state index in [9.17, 15) is 9.59 Å². The molecule has 0 radical (unpaired) electrons. The normalized spacial score (nSPS) is 11.2. The highest BCUT2D eigenvalue weighted by molar-refractivity contribution is 5.87. The van der Waals surface area contributed by atoms with Gasteiger partial charge in [0.1, 0.15) is 12.4 Å². The van der Waals surface area contributed by atoms with Gasteiger partial charge in [-0.3, -0.25) is 9.59 Å². The topological polar surface area (TPSA) is 69.4 Å². The predicted octanol–water partition coefficient (Wildman–Crippen LogP) is 3.07. The maximum atomic E-state index is 12.0. The molecule has 4 nitrogen and oxygen atoms in total. The van der Waals surface area contributed by atoms with Crippen molar-refractivity contribution in [2.45, 2.75) is 31.9 Å². The summed E-state index contributed by atoms with van der Waals surface area (Å²) >= 11 is 0. The number of nitrogens with two attached hydrogens (primary N) is 1. The van der Waals surface area contributed by atoms with Gasteiger partial charge in [0.2, 0.25) is 0 Å². The van der Waals surface area contributed by atoms with Crippen LogP contribution in [0.15, 0.2) is 60.7 Å². The molecule has 0 amide bonds. The van der Waals surface area contributed by atoms with Crippen LogP contribution in [0.4, 0.5) is 0 Å². The van der Waals surface area contributed by atoms with E-state index in [4.69, 9.17) is 10.5 Å². The lowest BCUT2D eigenvalue weighted by molar-refractivity contribution is -0.146. The molecular formula is C19H22ClNO3. The third-order valence-corrected chi connectivity index (χ3v) is 3.53. The smallest absolute Gasteiger partial charge is 0.306 e. The average Bonchev–Trinajstić information content (AvgIpc) is 2.59. The molecule has 0 aliphatic rings. The van der Waals surface area contributed by atoms with E-state index < -0.39 is 6.04 Å². The van der Waals surface area contributed by atoms with Gasteiger partial charge in [-0.05, 0) is 17.5 Å². The lowest BCUT2D eigenvalue weighted by Gasteiger charge is -2.10. The van der Waals surface area contributed by atoms with Crippen LogP contribution >= 0.6 is 12.4 Å². The van der Waals surface area contributed by atoms with Crippen molar-refractivity contribution >= 4 is 24.2 Å². The van der Waals surface area contributed by atoms with E-state index in [2.05, 4.69) is 0 Å². The van der Waals surface area contributed by atoms with Gasteiger partial charge < -0.3 is 10.5 Å². The van der Waals surface area contributed by atoms with Crippen molar-refractivity contribution in [3.63, 3.8) is 0 Å². The average molecular weight is 348 g/mol. The number of rotatable bonds is 8. The molecule has 0 heterocycles. The van der Waals surface area contributed by atoms with Crippen LogP contribution in [-0.4, -0.2) is 17.8 Å². The van der Waals surface area contributed by atoms with Crippen molar-refractivity contribution in [3.8, 4) is 0 Å². The number of ether oxygens (including phenoxy) is 1. The highest BCUT2D eigenvalue weighted by Crippen LogP contribution is 2.07. The van der Waals surface area contributed by atoms with Crippen molar-refractivity contribution in [1.82, 2.24) is 0 Å². The quantitative estimate of drug-likeness (QED) is 0.745. The number of hydrogen-bond donors (Lipinski definition) is 1. The van der Waals surface area contributed by atoms with Gasteiger partial charge in [-0.25, -0.2) is 0 Å². The van der Waals surface area contributed by atoms with Crippen molar-refractivity contribution in [2.24, 2.45) is 5.73 Å². The Morgan fingerprint density at radius 2 is 1.42 bits per heavy atom. The number of carbonyl (C=O) groups excluding carboxylic acids is 2. The molecule has 2 rings (SSSR count). The Hall–Kier alpha value is -2.17. The summed E-state index contributed by atoms with van der Waals surface area (Å²) in [5.41, 5.74) is 7.84. The predicted molar refractivity (Wildman–Crippen MR) is 95.8 cm³/mol. The summed E-state index contributed by atoms with van der Waals surface area (Å²) in [5.74, 6) is -0.500. The number of Topliss-reactive ketones (excluding diaryl/α,β-unsaturated/α-hetero) is 1. The molecule has 2 aromatic carbocycles. The van der Waals surface area contributed by atoms with E-state index in [1.54, 1.807) is 0 Å². The minimum Gasteiger partial charge on any atom is -0.461 e. The molecular weight excluding hydrogens is 326 g/mol. The number of benzene rings is 2. The summed E-state index contributed by atoms with van der Waals surface area (Å²) in [4.78, 5) is 23.7. The first-order valence-corrected chi connectivity index (χ1v) is 7.67. The third-order valence-electron chi connectivity index (χ3n) is 3.53. The first-order valence-electron chi connectivity index (χ1n) is 7.67. The Bertz CT molecular complexity index is 632. The number of carbonyl (C=O) groups is 2. The highest BCUT2D eigenvalue weighted by atomic mass is 35.5. The number of hydrogen-bond acceptors (Lipinski definition) is 4. The fraction of sp³-hybridized carbons (Fsp3) is 0.263. The SMILES string of the molecule is Cl.N[C@@H](Cc1ccccc1)C(=O)CCC(=O)OCc1ccccc1. The van der Waals surface area contributed by atoms with E-state index in [0.29, 0.717) is 6.42 Å². The molecule has 5 heteroatoms. The van der Waals surface area contributed by atoms with E-state index in [1.165, 1.54) is 0 Å². The van der Waals surface area contributed by atoms with Crippen LogP contribution in [0.25, 0.3) is 0 Å². The van der Waals surface area contributed by atoms with Crippen LogP contribution in [0.1, 0.15) is 24.0 Å². The maximum Gasteiger partial charge on any atom is 0.306 e. The molecule has 24 heavy (non-hydrogen) atoms. The number of halogens is 1. The lowest BCUT2D eigenvalue weighted by atomic mass is 10.0. The van der Waals surface area contributed by atoms with Gasteiger partial charge in [0, 0.05) is 6.42 Å². The van der Waals surface area contributed by atoms with Gasteiger partial charge >= 0.3 is 5.97 Å². The monoisotopic (exact) mass is 347 g/mol. The summed E-state index contributed by atoms with van der Waals surface area (Å²) in [6, 6.07) is 18.5.